The summed E-state index contributed by atoms with van der Waals surface area (Å²) in [6.45, 7) is 2.04. The van der Waals surface area contributed by atoms with E-state index in [1.54, 1.807) is 7.05 Å². The third kappa shape index (κ3) is 4.79. The molecule has 1 aromatic heterocycles. The van der Waals surface area contributed by atoms with Crippen molar-refractivity contribution in [2.75, 3.05) is 26.8 Å². The fourth-order valence-electron chi connectivity index (χ4n) is 4.51. The summed E-state index contributed by atoms with van der Waals surface area (Å²) >= 11 is 6.17. The molecule has 1 aliphatic heterocycles. The third-order valence-electron chi connectivity index (χ3n) is 6.17. The Bertz CT molecular complexity index is 624. The van der Waals surface area contributed by atoms with Gasteiger partial charge in [-0.15, -0.1) is 0 Å². The molecule has 7 heteroatoms. The van der Waals surface area contributed by atoms with Crippen molar-refractivity contribution < 1.29 is 13.9 Å². The minimum absolute atomic E-state index is 0.0531. The molecule has 0 aromatic carbocycles. The number of hydrogen-bond donors (Lipinski definition) is 2. The highest BCUT2D eigenvalue weighted by Gasteiger charge is 2.39. The normalized spacial score (nSPS) is 25.1. The Labute approximate surface area is 165 Å². The van der Waals surface area contributed by atoms with E-state index < -0.39 is 5.54 Å². The molecule has 2 aliphatic rings. The van der Waals surface area contributed by atoms with Gasteiger partial charge in [-0.25, -0.2) is 4.39 Å². The molecule has 1 amide bonds. The molecular weight excluding hydrogens is 369 g/mol. The maximum atomic E-state index is 14.1. The predicted octanol–water partition coefficient (Wildman–Crippen LogP) is 3.42. The summed E-state index contributed by atoms with van der Waals surface area (Å²) in [7, 11) is 1.69. The number of carbonyl (C=O) groups is 1. The molecule has 1 saturated carbocycles. The second-order valence-corrected chi connectivity index (χ2v) is 8.13. The van der Waals surface area contributed by atoms with Crippen molar-refractivity contribution in [3.05, 3.63) is 28.8 Å². The van der Waals surface area contributed by atoms with Crippen LogP contribution in [0.2, 0.25) is 5.02 Å². The van der Waals surface area contributed by atoms with E-state index in [1.807, 2.05) is 0 Å². The van der Waals surface area contributed by atoms with Crippen molar-refractivity contribution in [1.29, 1.82) is 0 Å². The van der Waals surface area contributed by atoms with E-state index in [4.69, 9.17) is 16.3 Å². The Kier molecular flexibility index (Phi) is 7.06. The minimum atomic E-state index is -0.502. The van der Waals surface area contributed by atoms with E-state index >= 15 is 0 Å². The average Bonchev–Trinajstić information content (AvgIpc) is 2.69. The van der Waals surface area contributed by atoms with Gasteiger partial charge in [0.05, 0.1) is 11.2 Å². The standard InChI is InChI=1S/C20H29ClFN3O2/c1-23-19(26)20(7-10-27-11-8-20)25-9-6-14-2-4-15(5-3-14)18-16(21)12-24-13-17(18)22/h12-15,25H,2-11H2,1H3,(H,23,26). The third-order valence-corrected chi connectivity index (χ3v) is 6.47. The Morgan fingerprint density at radius 3 is 2.63 bits per heavy atom. The molecule has 5 nitrogen and oxygen atoms in total. The summed E-state index contributed by atoms with van der Waals surface area (Å²) in [6.07, 6.45) is 9.23. The van der Waals surface area contributed by atoms with Crippen LogP contribution in [0.3, 0.4) is 0 Å². The summed E-state index contributed by atoms with van der Waals surface area (Å²) in [4.78, 5) is 16.2. The number of carbonyl (C=O) groups excluding carboxylic acids is 1. The summed E-state index contributed by atoms with van der Waals surface area (Å²) in [5, 5.41) is 6.74. The van der Waals surface area contributed by atoms with Crippen LogP contribution in [-0.4, -0.2) is 43.2 Å². The van der Waals surface area contributed by atoms with E-state index in [2.05, 4.69) is 15.6 Å². The number of aromatic nitrogens is 1. The molecule has 0 unspecified atom stereocenters. The minimum Gasteiger partial charge on any atom is -0.381 e. The summed E-state index contributed by atoms with van der Waals surface area (Å²) < 4.78 is 19.5. The van der Waals surface area contributed by atoms with Crippen LogP contribution in [0.1, 0.15) is 56.4 Å². The molecule has 2 heterocycles. The van der Waals surface area contributed by atoms with Gasteiger partial charge in [-0.3, -0.25) is 9.78 Å². The highest BCUT2D eigenvalue weighted by molar-refractivity contribution is 6.31. The number of ether oxygens (including phenoxy) is 1. The molecule has 150 valence electrons. The Morgan fingerprint density at radius 2 is 2.00 bits per heavy atom. The number of likely N-dealkylation sites (N-methyl/N-ethyl adjacent to an activating group) is 1. The van der Waals surface area contributed by atoms with E-state index in [9.17, 15) is 9.18 Å². The van der Waals surface area contributed by atoms with Crippen LogP contribution in [-0.2, 0) is 9.53 Å². The molecule has 0 radical (unpaired) electrons. The maximum absolute atomic E-state index is 14.1. The Balaban J connectivity index is 1.49. The molecule has 1 aromatic rings. The van der Waals surface area contributed by atoms with Gasteiger partial charge in [-0.2, -0.15) is 0 Å². The molecular formula is C20H29ClFN3O2. The van der Waals surface area contributed by atoms with Crippen LogP contribution in [0.4, 0.5) is 4.39 Å². The smallest absolute Gasteiger partial charge is 0.240 e. The quantitative estimate of drug-likeness (QED) is 0.772. The molecule has 0 atom stereocenters. The van der Waals surface area contributed by atoms with Crippen molar-refractivity contribution in [2.45, 2.75) is 56.4 Å². The molecule has 27 heavy (non-hydrogen) atoms. The van der Waals surface area contributed by atoms with Gasteiger partial charge in [0.1, 0.15) is 11.4 Å². The zero-order chi connectivity index (χ0) is 19.3. The van der Waals surface area contributed by atoms with Crippen molar-refractivity contribution in [2.24, 2.45) is 5.92 Å². The van der Waals surface area contributed by atoms with Gasteiger partial charge in [-0.1, -0.05) is 11.6 Å². The average molecular weight is 398 g/mol. The number of hydrogen-bond acceptors (Lipinski definition) is 4. The summed E-state index contributed by atoms with van der Waals surface area (Å²) in [5.41, 5.74) is 0.127. The molecule has 2 N–H and O–H groups in total. The molecule has 0 bridgehead atoms. The van der Waals surface area contributed by atoms with Crippen LogP contribution in [0.15, 0.2) is 12.4 Å². The summed E-state index contributed by atoms with van der Waals surface area (Å²) in [5.74, 6) is 0.536. The van der Waals surface area contributed by atoms with Gasteiger partial charge in [0.2, 0.25) is 5.91 Å². The topological polar surface area (TPSA) is 63.2 Å². The van der Waals surface area contributed by atoms with Gasteiger partial charge >= 0.3 is 0 Å². The van der Waals surface area contributed by atoms with Crippen LogP contribution in [0.5, 0.6) is 0 Å². The van der Waals surface area contributed by atoms with Crippen molar-refractivity contribution in [3.63, 3.8) is 0 Å². The van der Waals surface area contributed by atoms with Gasteiger partial charge in [0, 0.05) is 32.0 Å². The van der Waals surface area contributed by atoms with Gasteiger partial charge in [0.25, 0.3) is 0 Å². The van der Waals surface area contributed by atoms with Crippen LogP contribution in [0.25, 0.3) is 0 Å². The molecule has 1 saturated heterocycles. The Morgan fingerprint density at radius 1 is 1.30 bits per heavy atom. The number of nitrogens with one attached hydrogen (secondary N) is 2. The van der Waals surface area contributed by atoms with Crippen molar-refractivity contribution in [1.82, 2.24) is 15.6 Å². The number of rotatable bonds is 6. The van der Waals surface area contributed by atoms with Gasteiger partial charge < -0.3 is 15.4 Å². The first-order chi connectivity index (χ1) is 13.1. The first kappa shape index (κ1) is 20.5. The lowest BCUT2D eigenvalue weighted by Gasteiger charge is -2.37. The molecule has 0 spiro atoms. The lowest BCUT2D eigenvalue weighted by molar-refractivity contribution is -0.131. The van der Waals surface area contributed by atoms with E-state index in [1.165, 1.54) is 12.4 Å². The van der Waals surface area contributed by atoms with Crippen LogP contribution < -0.4 is 10.6 Å². The van der Waals surface area contributed by atoms with Crippen LogP contribution >= 0.6 is 11.6 Å². The maximum Gasteiger partial charge on any atom is 0.240 e. The largest absolute Gasteiger partial charge is 0.381 e. The number of halogens is 2. The summed E-state index contributed by atoms with van der Waals surface area (Å²) in [6, 6.07) is 0. The first-order valence-corrected chi connectivity index (χ1v) is 10.3. The van der Waals surface area contributed by atoms with Crippen LogP contribution in [0, 0.1) is 11.7 Å². The second-order valence-electron chi connectivity index (χ2n) is 7.72. The van der Waals surface area contributed by atoms with E-state index in [0.717, 1.165) is 38.6 Å². The van der Waals surface area contributed by atoms with Crippen molar-refractivity contribution in [3.8, 4) is 0 Å². The van der Waals surface area contributed by atoms with Gasteiger partial charge in [-0.05, 0) is 63.3 Å². The molecule has 2 fully saturated rings. The fourth-order valence-corrected chi connectivity index (χ4v) is 4.81. The zero-order valence-corrected chi connectivity index (χ0v) is 16.7. The van der Waals surface area contributed by atoms with Gasteiger partial charge in [0.15, 0.2) is 0 Å². The predicted molar refractivity (Wildman–Crippen MR) is 103 cm³/mol. The second kappa shape index (κ2) is 9.30. The number of amides is 1. The molecule has 1 aliphatic carbocycles. The number of pyridine rings is 1. The highest BCUT2D eigenvalue weighted by Crippen LogP contribution is 2.40. The first-order valence-electron chi connectivity index (χ1n) is 9.89. The van der Waals surface area contributed by atoms with E-state index in [0.29, 0.717) is 42.6 Å². The number of nitrogens with zero attached hydrogens (tertiary/aromatic N) is 1. The van der Waals surface area contributed by atoms with Crippen molar-refractivity contribution >= 4 is 17.5 Å². The lowest BCUT2D eigenvalue weighted by atomic mass is 9.77. The van der Waals surface area contributed by atoms with E-state index in [-0.39, 0.29) is 17.6 Å². The highest BCUT2D eigenvalue weighted by atomic mass is 35.5. The fraction of sp³-hybridized carbons (Fsp3) is 0.700. The lowest BCUT2D eigenvalue weighted by Crippen LogP contribution is -2.59. The molecule has 3 rings (SSSR count). The Hall–Kier alpha value is -1.24. The SMILES string of the molecule is CNC(=O)C1(NCCC2CCC(c3c(F)cncc3Cl)CC2)CCOCC1. The monoisotopic (exact) mass is 397 g/mol. The zero-order valence-electron chi connectivity index (χ0n) is 15.9.